The highest BCUT2D eigenvalue weighted by Gasteiger charge is 2.34. The Morgan fingerprint density at radius 2 is 2.06 bits per heavy atom. The van der Waals surface area contributed by atoms with Crippen LogP contribution in [0.15, 0.2) is 30.5 Å². The van der Waals surface area contributed by atoms with Gasteiger partial charge >= 0.3 is 5.97 Å². The molecule has 0 spiro atoms. The minimum atomic E-state index is -1.12. The van der Waals surface area contributed by atoms with Gasteiger partial charge in [0, 0.05) is 40.6 Å². The van der Waals surface area contributed by atoms with E-state index in [2.05, 4.69) is 0 Å². The number of rotatable bonds is 5. The number of aliphatic carboxylic acids is 1. The van der Waals surface area contributed by atoms with E-state index in [0.717, 1.165) is 67.8 Å². The molecule has 6 nitrogen and oxygen atoms in total. The predicted molar refractivity (Wildman–Crippen MR) is 137 cm³/mol. The summed E-state index contributed by atoms with van der Waals surface area (Å²) in [6, 6.07) is 8.07. The summed E-state index contributed by atoms with van der Waals surface area (Å²) in [6.07, 6.45) is 3.86. The third-order valence-electron chi connectivity index (χ3n) is 6.67. The third kappa shape index (κ3) is 3.87. The molecule has 1 saturated carbocycles. The van der Waals surface area contributed by atoms with E-state index in [4.69, 9.17) is 19.4 Å². The number of aromatic nitrogens is 2. The van der Waals surface area contributed by atoms with Gasteiger partial charge in [-0.3, -0.25) is 4.98 Å². The smallest absolute Gasteiger partial charge is 0.337 e. The van der Waals surface area contributed by atoms with Gasteiger partial charge in [0.05, 0.1) is 32.9 Å². The molecule has 1 atom stereocenters. The SMILES string of the molecule is Cc1cc2nc(C3CC3)sc2c(-c2ccc3c4c(ccnc24)CCO3)c1[C@H](OC(C)(C)C)C(=O)O. The lowest BCUT2D eigenvalue weighted by Crippen LogP contribution is -2.28. The van der Waals surface area contributed by atoms with Gasteiger partial charge in [-0.1, -0.05) is 0 Å². The van der Waals surface area contributed by atoms with Gasteiger partial charge in [0.2, 0.25) is 0 Å². The van der Waals surface area contributed by atoms with Crippen LogP contribution in [0.2, 0.25) is 0 Å². The Bertz CT molecular complexity index is 1490. The number of aryl methyl sites for hydroxylation is 1. The summed E-state index contributed by atoms with van der Waals surface area (Å²) in [4.78, 5) is 22.4. The summed E-state index contributed by atoms with van der Waals surface area (Å²) in [5.74, 6) is 0.328. The fourth-order valence-corrected chi connectivity index (χ4v) is 6.32. The molecule has 1 fully saturated rings. The molecule has 2 aromatic heterocycles. The third-order valence-corrected chi connectivity index (χ3v) is 7.92. The molecule has 2 aliphatic rings. The Labute approximate surface area is 207 Å². The van der Waals surface area contributed by atoms with Crippen molar-refractivity contribution in [2.75, 3.05) is 6.61 Å². The zero-order chi connectivity index (χ0) is 24.5. The number of hydrogen-bond donors (Lipinski definition) is 1. The number of carboxylic acid groups (broad SMARTS) is 1. The van der Waals surface area contributed by atoms with Crippen molar-refractivity contribution in [2.45, 2.75) is 64.6 Å². The molecule has 3 heterocycles. The average Bonchev–Trinajstić information content (AvgIpc) is 3.57. The number of pyridine rings is 1. The van der Waals surface area contributed by atoms with Crippen LogP contribution in [-0.2, 0) is 16.0 Å². The number of ether oxygens (including phenoxy) is 2. The summed E-state index contributed by atoms with van der Waals surface area (Å²) < 4.78 is 13.1. The molecule has 4 aromatic rings. The Hall–Kier alpha value is -3.03. The Morgan fingerprint density at radius 1 is 1.26 bits per heavy atom. The molecule has 1 aliphatic heterocycles. The van der Waals surface area contributed by atoms with Crippen LogP contribution in [0.3, 0.4) is 0 Å². The number of fused-ring (bicyclic) bond motifs is 1. The standard InChI is InChI=1S/C28H28N2O4S/c1-14-13-18-25(35-26(30-18)16-5-6-16)22(20(14)24(27(31)32)34-28(2,3)4)17-7-8-19-21-15(10-12-33-19)9-11-29-23(17)21/h7-9,11,13,16,24H,5-6,10,12H2,1-4H3,(H,31,32)/t24-/m0/s1. The van der Waals surface area contributed by atoms with E-state index in [-0.39, 0.29) is 0 Å². The van der Waals surface area contributed by atoms with Crippen LogP contribution >= 0.6 is 11.3 Å². The quantitative estimate of drug-likeness (QED) is 0.342. The maximum atomic E-state index is 12.6. The summed E-state index contributed by atoms with van der Waals surface area (Å²) in [5.41, 5.74) is 5.59. The maximum Gasteiger partial charge on any atom is 0.337 e. The second kappa shape index (κ2) is 8.00. The highest BCUT2D eigenvalue weighted by molar-refractivity contribution is 7.19. The second-order valence-corrected chi connectivity index (χ2v) is 11.5. The van der Waals surface area contributed by atoms with E-state index in [1.807, 2.05) is 58.2 Å². The lowest BCUT2D eigenvalue weighted by atomic mass is 9.89. The summed E-state index contributed by atoms with van der Waals surface area (Å²) in [7, 11) is 0. The van der Waals surface area contributed by atoms with Crippen molar-refractivity contribution in [3.8, 4) is 16.9 Å². The lowest BCUT2D eigenvalue weighted by Gasteiger charge is -2.28. The lowest BCUT2D eigenvalue weighted by molar-refractivity contribution is -0.160. The number of hydrogen-bond acceptors (Lipinski definition) is 6. The van der Waals surface area contributed by atoms with Gasteiger partial charge in [-0.2, -0.15) is 0 Å². The van der Waals surface area contributed by atoms with Crippen LogP contribution in [0, 0.1) is 6.92 Å². The summed E-state index contributed by atoms with van der Waals surface area (Å²) >= 11 is 1.68. The van der Waals surface area contributed by atoms with E-state index >= 15 is 0 Å². The van der Waals surface area contributed by atoms with Crippen molar-refractivity contribution in [3.05, 3.63) is 52.2 Å². The minimum absolute atomic E-state index is 0.507. The molecular weight excluding hydrogens is 460 g/mol. The minimum Gasteiger partial charge on any atom is -0.493 e. The van der Waals surface area contributed by atoms with E-state index in [1.54, 1.807) is 11.3 Å². The van der Waals surface area contributed by atoms with Crippen LogP contribution < -0.4 is 4.74 Å². The van der Waals surface area contributed by atoms with Gasteiger partial charge in [0.25, 0.3) is 0 Å². The Kier molecular flexibility index (Phi) is 5.13. The summed E-state index contributed by atoms with van der Waals surface area (Å²) in [6.45, 7) is 8.25. The number of benzene rings is 2. The van der Waals surface area contributed by atoms with Gasteiger partial charge in [-0.05, 0) is 75.9 Å². The fourth-order valence-electron chi connectivity index (χ4n) is 5.03. The molecule has 0 radical (unpaired) electrons. The van der Waals surface area contributed by atoms with Crippen molar-refractivity contribution in [3.63, 3.8) is 0 Å². The molecule has 1 N–H and O–H groups in total. The predicted octanol–water partition coefficient (Wildman–Crippen LogP) is 6.57. The molecule has 0 bridgehead atoms. The monoisotopic (exact) mass is 488 g/mol. The van der Waals surface area contributed by atoms with Crippen molar-refractivity contribution in [1.29, 1.82) is 0 Å². The van der Waals surface area contributed by atoms with Crippen LogP contribution in [0.25, 0.3) is 32.2 Å². The number of carbonyl (C=O) groups is 1. The zero-order valence-corrected chi connectivity index (χ0v) is 21.2. The molecule has 35 heavy (non-hydrogen) atoms. The highest BCUT2D eigenvalue weighted by Crippen LogP contribution is 2.49. The largest absolute Gasteiger partial charge is 0.493 e. The zero-order valence-electron chi connectivity index (χ0n) is 20.3. The van der Waals surface area contributed by atoms with Crippen LogP contribution in [0.1, 0.15) is 67.3 Å². The highest BCUT2D eigenvalue weighted by atomic mass is 32.1. The Morgan fingerprint density at radius 3 is 2.77 bits per heavy atom. The fraction of sp³-hybridized carbons (Fsp3) is 0.393. The van der Waals surface area contributed by atoms with Crippen LogP contribution in [-0.4, -0.2) is 33.3 Å². The van der Waals surface area contributed by atoms with E-state index < -0.39 is 17.7 Å². The number of carboxylic acids is 1. The van der Waals surface area contributed by atoms with Crippen molar-refractivity contribution in [2.24, 2.45) is 0 Å². The van der Waals surface area contributed by atoms with E-state index in [1.165, 1.54) is 5.56 Å². The topological polar surface area (TPSA) is 81.5 Å². The van der Waals surface area contributed by atoms with Crippen molar-refractivity contribution >= 4 is 38.4 Å². The van der Waals surface area contributed by atoms with E-state index in [9.17, 15) is 9.90 Å². The van der Waals surface area contributed by atoms with Crippen LogP contribution in [0.4, 0.5) is 0 Å². The average molecular weight is 489 g/mol. The molecule has 1 aliphatic carbocycles. The van der Waals surface area contributed by atoms with Gasteiger partial charge in [-0.15, -0.1) is 11.3 Å². The number of thiazole rings is 1. The first-order valence-corrected chi connectivity index (χ1v) is 12.9. The van der Waals surface area contributed by atoms with Crippen molar-refractivity contribution < 1.29 is 19.4 Å². The maximum absolute atomic E-state index is 12.6. The Balaban J connectivity index is 1.71. The first kappa shape index (κ1) is 22.4. The van der Waals surface area contributed by atoms with Gasteiger partial charge in [0.15, 0.2) is 6.10 Å². The van der Waals surface area contributed by atoms with E-state index in [0.29, 0.717) is 18.1 Å². The number of nitrogens with zero attached hydrogens (tertiary/aromatic N) is 2. The molecule has 6 rings (SSSR count). The van der Waals surface area contributed by atoms with Crippen LogP contribution in [0.5, 0.6) is 5.75 Å². The molecule has 180 valence electrons. The molecule has 0 amide bonds. The molecule has 2 aromatic carbocycles. The van der Waals surface area contributed by atoms with Gasteiger partial charge in [0.1, 0.15) is 5.75 Å². The van der Waals surface area contributed by atoms with Gasteiger partial charge in [-0.25, -0.2) is 9.78 Å². The summed E-state index contributed by atoms with van der Waals surface area (Å²) in [5, 5.41) is 12.5. The molecular formula is C28H28N2O4S. The van der Waals surface area contributed by atoms with Crippen molar-refractivity contribution in [1.82, 2.24) is 9.97 Å². The normalized spacial score (nSPS) is 16.5. The first-order chi connectivity index (χ1) is 16.7. The second-order valence-electron chi connectivity index (χ2n) is 10.5. The molecule has 0 unspecified atom stereocenters. The first-order valence-electron chi connectivity index (χ1n) is 12.1. The molecule has 7 heteroatoms. The molecule has 0 saturated heterocycles. The van der Waals surface area contributed by atoms with Gasteiger partial charge < -0.3 is 14.6 Å².